The molecule has 0 bridgehead atoms. The van der Waals surface area contributed by atoms with Gasteiger partial charge in [-0.2, -0.15) is 0 Å². The van der Waals surface area contributed by atoms with Crippen LogP contribution in [0.25, 0.3) is 6.08 Å². The van der Waals surface area contributed by atoms with Crippen molar-refractivity contribution in [1.82, 2.24) is 10.6 Å². The predicted molar refractivity (Wildman–Crippen MR) is 142 cm³/mol. The van der Waals surface area contributed by atoms with Gasteiger partial charge in [-0.25, -0.2) is 0 Å². The Hall–Kier alpha value is -2.83. The van der Waals surface area contributed by atoms with Gasteiger partial charge in [0, 0.05) is 5.56 Å². The maximum Gasteiger partial charge on any atom is 0.211 e. The van der Waals surface area contributed by atoms with Crippen LogP contribution in [0.3, 0.4) is 0 Å². The number of phenols is 1. The number of carbonyl (C=O) groups is 1. The highest BCUT2D eigenvalue weighted by molar-refractivity contribution is 5.83. The van der Waals surface area contributed by atoms with Gasteiger partial charge in [0.15, 0.2) is 0 Å². The molecule has 6 heteroatoms. The molecule has 186 valence electrons. The number of unbranched alkanes of at least 4 members (excludes halogenated alkanes) is 2. The third kappa shape index (κ3) is 9.98. The summed E-state index contributed by atoms with van der Waals surface area (Å²) in [6.45, 7) is 8.66. The van der Waals surface area contributed by atoms with E-state index in [-0.39, 0.29) is 5.75 Å². The average Bonchev–Trinajstić information content (AvgIpc) is 2.85. The van der Waals surface area contributed by atoms with E-state index in [2.05, 4.69) is 35.0 Å². The van der Waals surface area contributed by atoms with Crippen LogP contribution in [0.1, 0.15) is 56.2 Å². The number of ether oxygens (including phenoxy) is 1. The van der Waals surface area contributed by atoms with Crippen molar-refractivity contribution in [1.29, 1.82) is 0 Å². The van der Waals surface area contributed by atoms with Gasteiger partial charge >= 0.3 is 0 Å². The zero-order valence-corrected chi connectivity index (χ0v) is 20.7. The lowest BCUT2D eigenvalue weighted by atomic mass is 10.0. The largest absolute Gasteiger partial charge is 0.506 e. The smallest absolute Gasteiger partial charge is 0.211 e. The molecule has 2 rings (SSSR count). The van der Waals surface area contributed by atoms with Crippen molar-refractivity contribution < 1.29 is 14.6 Å². The SMILES string of the molecule is C/C=C\c1c(CCNCCc2ccc(OCCCNCCCCC)cc2)ccc(O)c1NC=O. The first-order chi connectivity index (χ1) is 16.7. The number of amides is 1. The normalized spacial score (nSPS) is 11.1. The van der Waals surface area contributed by atoms with Crippen LogP contribution >= 0.6 is 0 Å². The van der Waals surface area contributed by atoms with Gasteiger partial charge in [-0.1, -0.05) is 50.1 Å². The van der Waals surface area contributed by atoms with Gasteiger partial charge in [-0.05, 0) is 88.1 Å². The summed E-state index contributed by atoms with van der Waals surface area (Å²) in [6, 6.07) is 11.9. The van der Waals surface area contributed by atoms with Crippen LogP contribution in [-0.4, -0.2) is 44.3 Å². The lowest BCUT2D eigenvalue weighted by molar-refractivity contribution is -0.105. The molecule has 0 saturated heterocycles. The number of nitrogens with one attached hydrogen (secondary N) is 3. The van der Waals surface area contributed by atoms with Gasteiger partial charge < -0.3 is 25.8 Å². The average molecular weight is 468 g/mol. The molecule has 0 atom stereocenters. The minimum absolute atomic E-state index is 0.0726. The first kappa shape index (κ1) is 27.4. The van der Waals surface area contributed by atoms with E-state index in [0.717, 1.165) is 68.9 Å². The van der Waals surface area contributed by atoms with E-state index in [9.17, 15) is 9.90 Å². The summed E-state index contributed by atoms with van der Waals surface area (Å²) in [4.78, 5) is 10.9. The highest BCUT2D eigenvalue weighted by atomic mass is 16.5. The number of hydrogen-bond donors (Lipinski definition) is 4. The van der Waals surface area contributed by atoms with E-state index in [1.54, 1.807) is 6.07 Å². The van der Waals surface area contributed by atoms with Gasteiger partial charge in [0.25, 0.3) is 0 Å². The van der Waals surface area contributed by atoms with E-state index >= 15 is 0 Å². The maximum atomic E-state index is 10.9. The lowest BCUT2D eigenvalue weighted by Gasteiger charge is -2.13. The molecule has 4 N–H and O–H groups in total. The number of allylic oxidation sites excluding steroid dienone is 1. The second-order valence-electron chi connectivity index (χ2n) is 8.35. The van der Waals surface area contributed by atoms with Crippen LogP contribution in [0.5, 0.6) is 11.5 Å². The molecule has 0 aliphatic carbocycles. The van der Waals surface area contributed by atoms with E-state index in [0.29, 0.717) is 12.1 Å². The minimum atomic E-state index is 0.0726. The molecule has 0 fully saturated rings. The highest BCUT2D eigenvalue weighted by Gasteiger charge is 2.10. The first-order valence-corrected chi connectivity index (χ1v) is 12.5. The van der Waals surface area contributed by atoms with Crippen LogP contribution in [0.4, 0.5) is 5.69 Å². The van der Waals surface area contributed by atoms with Crippen molar-refractivity contribution in [2.75, 3.05) is 38.1 Å². The highest BCUT2D eigenvalue weighted by Crippen LogP contribution is 2.31. The second kappa shape index (κ2) is 16.7. The van der Waals surface area contributed by atoms with Gasteiger partial charge in [0.2, 0.25) is 6.41 Å². The molecule has 2 aromatic rings. The maximum absolute atomic E-state index is 10.9. The zero-order chi connectivity index (χ0) is 24.4. The van der Waals surface area contributed by atoms with Crippen molar-refractivity contribution in [2.24, 2.45) is 0 Å². The van der Waals surface area contributed by atoms with Crippen molar-refractivity contribution in [3.8, 4) is 11.5 Å². The van der Waals surface area contributed by atoms with Crippen LogP contribution in [0, 0.1) is 0 Å². The molecule has 0 saturated carbocycles. The Morgan fingerprint density at radius 3 is 2.38 bits per heavy atom. The molecule has 0 heterocycles. The fourth-order valence-corrected chi connectivity index (χ4v) is 3.78. The molecule has 0 radical (unpaired) electrons. The van der Waals surface area contributed by atoms with Crippen molar-refractivity contribution in [2.45, 2.75) is 52.4 Å². The van der Waals surface area contributed by atoms with E-state index in [1.165, 1.54) is 24.8 Å². The number of aromatic hydroxyl groups is 1. The third-order valence-corrected chi connectivity index (χ3v) is 5.66. The van der Waals surface area contributed by atoms with Gasteiger partial charge in [0.05, 0.1) is 12.3 Å². The summed E-state index contributed by atoms with van der Waals surface area (Å²) in [7, 11) is 0. The standard InChI is InChI=1S/C28H41N3O3/c1-3-5-6-17-29-18-7-21-34-25-12-9-23(10-13-25)15-19-30-20-16-24-11-14-27(33)28(31-22-32)26(24)8-4-2/h4,8-14,22,29-30,33H,3,5-7,15-21H2,1-2H3,(H,31,32)/b8-4-. The monoisotopic (exact) mass is 467 g/mol. The molecule has 2 aromatic carbocycles. The fraction of sp³-hybridized carbons (Fsp3) is 0.464. The summed E-state index contributed by atoms with van der Waals surface area (Å²) in [5, 5.41) is 19.6. The fourth-order valence-electron chi connectivity index (χ4n) is 3.78. The summed E-state index contributed by atoms with van der Waals surface area (Å²) < 4.78 is 5.84. The Balaban J connectivity index is 1.67. The Morgan fingerprint density at radius 2 is 1.65 bits per heavy atom. The molecule has 34 heavy (non-hydrogen) atoms. The first-order valence-electron chi connectivity index (χ1n) is 12.5. The van der Waals surface area contributed by atoms with E-state index < -0.39 is 0 Å². The quantitative estimate of drug-likeness (QED) is 0.142. The lowest BCUT2D eigenvalue weighted by Crippen LogP contribution is -2.20. The van der Waals surface area contributed by atoms with Crippen molar-refractivity contribution in [3.05, 3.63) is 59.2 Å². The number of phenolic OH excluding ortho intramolecular Hbond substituents is 1. The molecule has 0 aliphatic rings. The summed E-state index contributed by atoms with van der Waals surface area (Å²) in [5.74, 6) is 0.995. The molecule has 0 unspecified atom stereocenters. The number of carbonyl (C=O) groups excluding carboxylic acids is 1. The van der Waals surface area contributed by atoms with Crippen LogP contribution in [0.2, 0.25) is 0 Å². The molecule has 0 aromatic heterocycles. The minimum Gasteiger partial charge on any atom is -0.506 e. The van der Waals surface area contributed by atoms with Gasteiger partial charge in [-0.3, -0.25) is 4.79 Å². The summed E-state index contributed by atoms with van der Waals surface area (Å²) in [5.41, 5.74) is 3.65. The summed E-state index contributed by atoms with van der Waals surface area (Å²) in [6.07, 6.45) is 11.0. The Kier molecular flexibility index (Phi) is 13.5. The third-order valence-electron chi connectivity index (χ3n) is 5.66. The molecular formula is C28H41N3O3. The number of benzene rings is 2. The Bertz CT molecular complexity index is 866. The predicted octanol–water partition coefficient (Wildman–Crippen LogP) is 4.92. The van der Waals surface area contributed by atoms with E-state index in [1.807, 2.05) is 37.3 Å². The van der Waals surface area contributed by atoms with Crippen LogP contribution in [0.15, 0.2) is 42.5 Å². The second-order valence-corrected chi connectivity index (χ2v) is 8.35. The molecule has 1 amide bonds. The van der Waals surface area contributed by atoms with Gasteiger partial charge in [0.1, 0.15) is 11.5 Å². The van der Waals surface area contributed by atoms with Crippen molar-refractivity contribution >= 4 is 18.2 Å². The number of hydrogen-bond acceptors (Lipinski definition) is 5. The van der Waals surface area contributed by atoms with Crippen LogP contribution in [-0.2, 0) is 17.6 Å². The molecule has 0 aliphatic heterocycles. The Morgan fingerprint density at radius 1 is 0.912 bits per heavy atom. The topological polar surface area (TPSA) is 82.6 Å². The summed E-state index contributed by atoms with van der Waals surface area (Å²) >= 11 is 0. The molecular weight excluding hydrogens is 426 g/mol. The number of rotatable bonds is 18. The molecule has 6 nitrogen and oxygen atoms in total. The van der Waals surface area contributed by atoms with Gasteiger partial charge in [-0.15, -0.1) is 0 Å². The number of anilines is 1. The molecule has 0 spiro atoms. The zero-order valence-electron chi connectivity index (χ0n) is 20.7. The Labute approximate surface area is 204 Å². The van der Waals surface area contributed by atoms with Crippen molar-refractivity contribution in [3.63, 3.8) is 0 Å². The van der Waals surface area contributed by atoms with E-state index in [4.69, 9.17) is 4.74 Å². The van der Waals surface area contributed by atoms with Crippen LogP contribution < -0.4 is 20.7 Å².